The number of hydrogen-bond acceptors (Lipinski definition) is 3. The van der Waals surface area contributed by atoms with Crippen LogP contribution in [0.2, 0.25) is 0 Å². The SMILES string of the molecule is CC(=O)N1c2ccccc2C[C@H]1C(=O)N1CCC[C@@H](CCC(=O)O)C1. The van der Waals surface area contributed by atoms with Crippen LogP contribution < -0.4 is 4.90 Å². The Balaban J connectivity index is 1.72. The van der Waals surface area contributed by atoms with Crippen molar-refractivity contribution in [3.05, 3.63) is 29.8 Å². The first kappa shape index (κ1) is 17.5. The van der Waals surface area contributed by atoms with Crippen LogP contribution in [0, 0.1) is 5.92 Å². The Bertz CT molecular complexity index is 688. The van der Waals surface area contributed by atoms with Crippen molar-refractivity contribution in [2.75, 3.05) is 18.0 Å². The van der Waals surface area contributed by atoms with E-state index in [4.69, 9.17) is 5.11 Å². The van der Waals surface area contributed by atoms with E-state index in [-0.39, 0.29) is 24.2 Å². The van der Waals surface area contributed by atoms with Gasteiger partial charge < -0.3 is 10.0 Å². The van der Waals surface area contributed by atoms with Crippen molar-refractivity contribution in [2.24, 2.45) is 5.92 Å². The summed E-state index contributed by atoms with van der Waals surface area (Å²) in [5, 5.41) is 8.86. The normalized spacial score (nSPS) is 22.6. The van der Waals surface area contributed by atoms with Crippen molar-refractivity contribution < 1.29 is 19.5 Å². The van der Waals surface area contributed by atoms with Gasteiger partial charge >= 0.3 is 5.97 Å². The van der Waals surface area contributed by atoms with Gasteiger partial charge in [-0.15, -0.1) is 0 Å². The van der Waals surface area contributed by atoms with Crippen LogP contribution in [-0.4, -0.2) is 46.9 Å². The van der Waals surface area contributed by atoms with Crippen molar-refractivity contribution in [3.63, 3.8) is 0 Å². The highest BCUT2D eigenvalue weighted by atomic mass is 16.4. The predicted octanol–water partition coefficient (Wildman–Crippen LogP) is 2.07. The van der Waals surface area contributed by atoms with Crippen LogP contribution in [0.15, 0.2) is 24.3 Å². The molecule has 6 nitrogen and oxygen atoms in total. The molecule has 2 aliphatic rings. The Kier molecular flexibility index (Phi) is 5.06. The molecule has 6 heteroatoms. The fourth-order valence-electron chi connectivity index (χ4n) is 4.01. The average Bonchev–Trinajstić information content (AvgIpc) is 2.99. The molecule has 2 atom stereocenters. The maximum atomic E-state index is 13.1. The van der Waals surface area contributed by atoms with Gasteiger partial charge in [0.15, 0.2) is 0 Å². The van der Waals surface area contributed by atoms with Gasteiger partial charge in [-0.05, 0) is 36.8 Å². The minimum atomic E-state index is -0.794. The van der Waals surface area contributed by atoms with Gasteiger partial charge in [-0.1, -0.05) is 18.2 Å². The summed E-state index contributed by atoms with van der Waals surface area (Å²) in [6.45, 7) is 2.76. The minimum absolute atomic E-state index is 0.0218. The van der Waals surface area contributed by atoms with Gasteiger partial charge in [0.25, 0.3) is 0 Å². The number of carboxylic acid groups (broad SMARTS) is 1. The molecule has 0 spiro atoms. The number of nitrogens with zero attached hydrogens (tertiary/aromatic N) is 2. The van der Waals surface area contributed by atoms with Gasteiger partial charge in [-0.3, -0.25) is 19.3 Å². The molecule has 2 amide bonds. The standard InChI is InChI=1S/C19H24N2O4/c1-13(22)21-16-7-3-2-6-15(16)11-17(21)19(25)20-10-4-5-14(12-20)8-9-18(23)24/h2-3,6-7,14,17H,4-5,8-12H2,1H3,(H,23,24)/t14-,17-/m0/s1. The maximum Gasteiger partial charge on any atom is 0.303 e. The first-order valence-electron chi connectivity index (χ1n) is 8.85. The number of benzene rings is 1. The Hall–Kier alpha value is -2.37. The first-order valence-corrected chi connectivity index (χ1v) is 8.85. The highest BCUT2D eigenvalue weighted by Crippen LogP contribution is 2.33. The third-order valence-electron chi connectivity index (χ3n) is 5.20. The van der Waals surface area contributed by atoms with Crippen LogP contribution in [0.1, 0.15) is 38.2 Å². The summed E-state index contributed by atoms with van der Waals surface area (Å²) in [7, 11) is 0. The van der Waals surface area contributed by atoms with Gasteiger partial charge in [0.05, 0.1) is 0 Å². The van der Waals surface area contributed by atoms with Crippen molar-refractivity contribution in [3.8, 4) is 0 Å². The van der Waals surface area contributed by atoms with Crippen LogP contribution >= 0.6 is 0 Å². The van der Waals surface area contributed by atoms with Crippen molar-refractivity contribution >= 4 is 23.5 Å². The molecular weight excluding hydrogens is 320 g/mol. The van der Waals surface area contributed by atoms with Gasteiger partial charge in [-0.25, -0.2) is 0 Å². The fourth-order valence-corrected chi connectivity index (χ4v) is 4.01. The molecular formula is C19H24N2O4. The molecule has 0 aliphatic carbocycles. The Morgan fingerprint density at radius 2 is 2.00 bits per heavy atom. The second kappa shape index (κ2) is 7.25. The second-order valence-corrected chi connectivity index (χ2v) is 6.96. The van der Waals surface area contributed by atoms with Crippen LogP contribution in [0.3, 0.4) is 0 Å². The Labute approximate surface area is 147 Å². The zero-order valence-electron chi connectivity index (χ0n) is 14.5. The third kappa shape index (κ3) is 3.67. The molecule has 1 saturated heterocycles. The molecule has 0 radical (unpaired) electrons. The monoisotopic (exact) mass is 344 g/mol. The summed E-state index contributed by atoms with van der Waals surface area (Å²) in [5.74, 6) is -0.713. The lowest BCUT2D eigenvalue weighted by Crippen LogP contribution is -2.51. The zero-order chi connectivity index (χ0) is 18.0. The number of piperidine rings is 1. The number of carbonyl (C=O) groups is 3. The Morgan fingerprint density at radius 3 is 2.72 bits per heavy atom. The van der Waals surface area contributed by atoms with E-state index in [0.29, 0.717) is 25.9 Å². The summed E-state index contributed by atoms with van der Waals surface area (Å²) in [4.78, 5) is 39.4. The molecule has 1 fully saturated rings. The first-order chi connectivity index (χ1) is 12.0. The highest BCUT2D eigenvalue weighted by Gasteiger charge is 2.39. The smallest absolute Gasteiger partial charge is 0.303 e. The molecule has 2 aliphatic heterocycles. The molecule has 2 heterocycles. The third-order valence-corrected chi connectivity index (χ3v) is 5.20. The fraction of sp³-hybridized carbons (Fsp3) is 0.526. The largest absolute Gasteiger partial charge is 0.481 e. The lowest BCUT2D eigenvalue weighted by Gasteiger charge is -2.36. The molecule has 1 aromatic carbocycles. The zero-order valence-corrected chi connectivity index (χ0v) is 14.5. The van der Waals surface area contributed by atoms with E-state index in [1.807, 2.05) is 29.2 Å². The average molecular weight is 344 g/mol. The number of hydrogen-bond donors (Lipinski definition) is 1. The van der Waals surface area contributed by atoms with Gasteiger partial charge in [-0.2, -0.15) is 0 Å². The maximum absolute atomic E-state index is 13.1. The number of rotatable bonds is 4. The van der Waals surface area contributed by atoms with E-state index in [0.717, 1.165) is 24.1 Å². The molecule has 0 saturated carbocycles. The van der Waals surface area contributed by atoms with E-state index >= 15 is 0 Å². The number of carbonyl (C=O) groups excluding carboxylic acids is 2. The van der Waals surface area contributed by atoms with E-state index in [1.54, 1.807) is 4.90 Å². The lowest BCUT2D eigenvalue weighted by molar-refractivity contribution is -0.137. The van der Waals surface area contributed by atoms with E-state index in [1.165, 1.54) is 6.92 Å². The second-order valence-electron chi connectivity index (χ2n) is 6.96. The quantitative estimate of drug-likeness (QED) is 0.907. The number of amides is 2. The van der Waals surface area contributed by atoms with Crippen LogP contribution in [0.25, 0.3) is 0 Å². The summed E-state index contributed by atoms with van der Waals surface area (Å²) in [6, 6.07) is 7.17. The summed E-state index contributed by atoms with van der Waals surface area (Å²) in [5.41, 5.74) is 1.85. The molecule has 1 N–H and O–H groups in total. The number of fused-ring (bicyclic) bond motifs is 1. The van der Waals surface area contributed by atoms with Crippen molar-refractivity contribution in [1.82, 2.24) is 4.90 Å². The van der Waals surface area contributed by atoms with Crippen molar-refractivity contribution in [1.29, 1.82) is 0 Å². The van der Waals surface area contributed by atoms with E-state index < -0.39 is 12.0 Å². The highest BCUT2D eigenvalue weighted by molar-refractivity contribution is 6.02. The topological polar surface area (TPSA) is 77.9 Å². The number of anilines is 1. The van der Waals surface area contributed by atoms with Crippen LogP contribution in [0.4, 0.5) is 5.69 Å². The number of carboxylic acids is 1. The Morgan fingerprint density at radius 1 is 1.24 bits per heavy atom. The molecule has 0 aromatic heterocycles. The molecule has 0 unspecified atom stereocenters. The summed E-state index contributed by atoms with van der Waals surface area (Å²) >= 11 is 0. The molecule has 0 bridgehead atoms. The summed E-state index contributed by atoms with van der Waals surface area (Å²) < 4.78 is 0. The van der Waals surface area contributed by atoms with Crippen LogP contribution in [-0.2, 0) is 20.8 Å². The summed E-state index contributed by atoms with van der Waals surface area (Å²) in [6.07, 6.45) is 3.13. The van der Waals surface area contributed by atoms with E-state index in [9.17, 15) is 14.4 Å². The number of para-hydroxylation sites is 1. The van der Waals surface area contributed by atoms with E-state index in [2.05, 4.69) is 0 Å². The number of aliphatic carboxylic acids is 1. The van der Waals surface area contributed by atoms with Gasteiger partial charge in [0.1, 0.15) is 6.04 Å². The van der Waals surface area contributed by atoms with Crippen LogP contribution in [0.5, 0.6) is 0 Å². The minimum Gasteiger partial charge on any atom is -0.481 e. The predicted molar refractivity (Wildman–Crippen MR) is 93.3 cm³/mol. The number of likely N-dealkylation sites (tertiary alicyclic amines) is 1. The lowest BCUT2D eigenvalue weighted by atomic mass is 9.93. The van der Waals surface area contributed by atoms with Crippen molar-refractivity contribution in [2.45, 2.75) is 45.1 Å². The van der Waals surface area contributed by atoms with Gasteiger partial charge in [0, 0.05) is 38.5 Å². The van der Waals surface area contributed by atoms with Gasteiger partial charge in [0.2, 0.25) is 11.8 Å². The molecule has 25 heavy (non-hydrogen) atoms. The molecule has 134 valence electrons. The molecule has 3 rings (SSSR count). The molecule has 1 aromatic rings.